The highest BCUT2D eigenvalue weighted by molar-refractivity contribution is 5.37. The molecule has 0 aliphatic carbocycles. The Bertz CT molecular complexity index is 405. The topological polar surface area (TPSA) is 0 Å². The minimum Gasteiger partial charge on any atom is -0.0713 e. The van der Waals surface area contributed by atoms with E-state index in [9.17, 15) is 0 Å². The van der Waals surface area contributed by atoms with Gasteiger partial charge in [-0.15, -0.1) is 0 Å². The van der Waals surface area contributed by atoms with Gasteiger partial charge in [-0.1, -0.05) is 78.0 Å². The summed E-state index contributed by atoms with van der Waals surface area (Å²) in [4.78, 5) is 0. The van der Waals surface area contributed by atoms with Gasteiger partial charge in [-0.05, 0) is 21.3 Å². The fraction of sp³-hybridized carbons (Fsp3) is 0.500. The van der Waals surface area contributed by atoms with Gasteiger partial charge in [0.2, 0.25) is 0 Å². The second-order valence-electron chi connectivity index (χ2n) is 6.65. The molecule has 0 fully saturated rings. The van der Waals surface area contributed by atoms with E-state index >= 15 is 0 Å². The molecule has 0 aliphatic heterocycles. The molecule has 0 saturated heterocycles. The van der Waals surface area contributed by atoms with Crippen molar-refractivity contribution in [2.75, 3.05) is 0 Å². The van der Waals surface area contributed by atoms with Crippen LogP contribution in [0.2, 0.25) is 0 Å². The Morgan fingerprint density at radius 1 is 0.688 bits per heavy atom. The van der Waals surface area contributed by atoms with Crippen molar-refractivity contribution >= 4 is 12.2 Å². The third kappa shape index (κ3) is 4.65. The molecule has 1 aromatic carbocycles. The molecule has 1 rings (SSSR count). The van der Waals surface area contributed by atoms with Crippen molar-refractivity contribution < 1.29 is 0 Å². The van der Waals surface area contributed by atoms with Crippen molar-refractivity contribution in [1.82, 2.24) is 0 Å². The lowest BCUT2D eigenvalue weighted by molar-refractivity contribution is 0.580. The summed E-state index contributed by atoms with van der Waals surface area (Å²) in [5, 5.41) is 2.68. The maximum atomic E-state index is 2.34. The normalized spacial score (nSPS) is 15.6. The summed E-state index contributed by atoms with van der Waals surface area (Å²) in [6.45, 7) is 13.4. The first-order valence-electron chi connectivity index (χ1n) is 5.98. The monoisotopic (exact) mass is 216 g/mol. The molecule has 0 nitrogen and oxygen atoms in total. The Kier molecular flexibility index (Phi) is 3.62. The van der Waals surface area contributed by atoms with Gasteiger partial charge in [0.1, 0.15) is 0 Å². The largest absolute Gasteiger partial charge is 0.0713 e. The van der Waals surface area contributed by atoms with E-state index in [-0.39, 0.29) is 10.8 Å². The predicted octanol–water partition coefficient (Wildman–Crippen LogP) is 3.34. The molecule has 0 atom stereocenters. The molecule has 16 heavy (non-hydrogen) atoms. The zero-order valence-electron chi connectivity index (χ0n) is 11.5. The summed E-state index contributed by atoms with van der Waals surface area (Å²) in [5.41, 5.74) is 0.448. The number of hydrogen-bond donors (Lipinski definition) is 0. The smallest absolute Gasteiger partial charge is 0.0194 e. The van der Waals surface area contributed by atoms with Gasteiger partial charge in [0.15, 0.2) is 0 Å². The van der Waals surface area contributed by atoms with Gasteiger partial charge in [-0.3, -0.25) is 0 Å². The summed E-state index contributed by atoms with van der Waals surface area (Å²) in [5.74, 6) is 0. The molecule has 0 unspecified atom stereocenters. The third-order valence-electron chi connectivity index (χ3n) is 2.17. The molecule has 0 radical (unpaired) electrons. The molecule has 0 bridgehead atoms. The molecule has 0 N–H and O–H groups in total. The van der Waals surface area contributed by atoms with E-state index in [0.29, 0.717) is 0 Å². The Labute approximate surface area is 99.7 Å². The zero-order chi connectivity index (χ0) is 12.4. The van der Waals surface area contributed by atoms with Crippen LogP contribution in [0, 0.1) is 10.8 Å². The molecule has 0 heterocycles. The Balaban J connectivity index is 3.44. The van der Waals surface area contributed by atoms with Gasteiger partial charge in [-0.25, -0.2) is 0 Å². The van der Waals surface area contributed by atoms with Crippen LogP contribution >= 0.6 is 0 Å². The number of rotatable bonds is 0. The maximum Gasteiger partial charge on any atom is -0.0194 e. The average Bonchev–Trinajstić information content (AvgIpc) is 2.03. The van der Waals surface area contributed by atoms with Crippen LogP contribution in [0.1, 0.15) is 41.5 Å². The first-order valence-corrected chi connectivity index (χ1v) is 5.98. The number of hydrogen-bond acceptors (Lipinski definition) is 0. The van der Waals surface area contributed by atoms with Crippen molar-refractivity contribution in [2.45, 2.75) is 41.5 Å². The van der Waals surface area contributed by atoms with Crippen LogP contribution in [0.15, 0.2) is 24.3 Å². The van der Waals surface area contributed by atoms with Crippen LogP contribution in [-0.2, 0) is 0 Å². The second kappa shape index (κ2) is 4.45. The van der Waals surface area contributed by atoms with E-state index < -0.39 is 0 Å². The quantitative estimate of drug-likeness (QED) is 0.624. The predicted molar refractivity (Wildman–Crippen MR) is 73.5 cm³/mol. The molecule has 0 amide bonds. The van der Waals surface area contributed by atoms with Gasteiger partial charge in [-0.2, -0.15) is 0 Å². The van der Waals surface area contributed by atoms with Gasteiger partial charge in [0.05, 0.1) is 0 Å². The van der Waals surface area contributed by atoms with Crippen LogP contribution < -0.4 is 10.4 Å². The highest BCUT2D eigenvalue weighted by atomic mass is 14.1. The highest BCUT2D eigenvalue weighted by Crippen LogP contribution is 2.15. The van der Waals surface area contributed by atoms with Crippen molar-refractivity contribution in [2.24, 2.45) is 10.8 Å². The van der Waals surface area contributed by atoms with Crippen molar-refractivity contribution in [3.8, 4) is 0 Å². The summed E-state index contributed by atoms with van der Waals surface area (Å²) in [7, 11) is 0. The Morgan fingerprint density at radius 3 is 1.25 bits per heavy atom. The lowest BCUT2D eigenvalue weighted by Gasteiger charge is -2.13. The molecular formula is C16H24. The van der Waals surface area contributed by atoms with Crippen LogP contribution in [0.25, 0.3) is 12.2 Å². The van der Waals surface area contributed by atoms with Gasteiger partial charge >= 0.3 is 0 Å². The molecule has 88 valence electrons. The second-order valence-corrected chi connectivity index (χ2v) is 6.65. The molecule has 0 spiro atoms. The van der Waals surface area contributed by atoms with E-state index in [1.165, 1.54) is 10.4 Å². The molecule has 0 heteroatoms. The van der Waals surface area contributed by atoms with E-state index in [4.69, 9.17) is 0 Å². The first-order chi connectivity index (χ1) is 7.17. The molecule has 0 saturated carbocycles. The molecule has 1 aromatic rings. The standard InChI is InChI=1S/C16H24/c1-15(2,3)11-13-9-7-8-10-14(13)12-16(4,5)6/h7-12H,1-6H3/b13-11-,14-12-. The third-order valence-corrected chi connectivity index (χ3v) is 2.17. The van der Waals surface area contributed by atoms with Crippen molar-refractivity contribution in [3.05, 3.63) is 34.7 Å². The zero-order valence-corrected chi connectivity index (χ0v) is 11.5. The van der Waals surface area contributed by atoms with E-state index in [2.05, 4.69) is 78.0 Å². The fourth-order valence-corrected chi connectivity index (χ4v) is 1.71. The lowest BCUT2D eigenvalue weighted by Crippen LogP contribution is -2.28. The summed E-state index contributed by atoms with van der Waals surface area (Å²) in [6, 6.07) is 8.61. The number of benzene rings is 1. The summed E-state index contributed by atoms with van der Waals surface area (Å²) >= 11 is 0. The van der Waals surface area contributed by atoms with Crippen LogP contribution in [0.4, 0.5) is 0 Å². The summed E-state index contributed by atoms with van der Waals surface area (Å²) in [6.07, 6.45) is 4.68. The molecule has 0 aliphatic rings. The van der Waals surface area contributed by atoms with Crippen LogP contribution in [0.3, 0.4) is 0 Å². The Morgan fingerprint density at radius 2 is 1.00 bits per heavy atom. The van der Waals surface area contributed by atoms with E-state index in [1.807, 2.05) is 0 Å². The van der Waals surface area contributed by atoms with Crippen molar-refractivity contribution in [1.29, 1.82) is 0 Å². The molecular weight excluding hydrogens is 192 g/mol. The van der Waals surface area contributed by atoms with E-state index in [1.54, 1.807) is 0 Å². The maximum absolute atomic E-state index is 2.34. The van der Waals surface area contributed by atoms with Crippen LogP contribution in [0.5, 0.6) is 0 Å². The first kappa shape index (κ1) is 13.0. The highest BCUT2D eigenvalue weighted by Gasteiger charge is 2.06. The van der Waals surface area contributed by atoms with E-state index in [0.717, 1.165) is 0 Å². The van der Waals surface area contributed by atoms with Crippen molar-refractivity contribution in [3.63, 3.8) is 0 Å². The molecule has 0 aromatic heterocycles. The van der Waals surface area contributed by atoms with Crippen LogP contribution in [-0.4, -0.2) is 0 Å². The Hall–Kier alpha value is -1.04. The lowest BCUT2D eigenvalue weighted by atomic mass is 9.92. The minimum atomic E-state index is 0.224. The van der Waals surface area contributed by atoms with Gasteiger partial charge in [0.25, 0.3) is 0 Å². The van der Waals surface area contributed by atoms with Gasteiger partial charge in [0, 0.05) is 0 Å². The summed E-state index contributed by atoms with van der Waals surface area (Å²) < 4.78 is 0. The minimum absolute atomic E-state index is 0.224. The fourth-order valence-electron chi connectivity index (χ4n) is 1.71. The average molecular weight is 216 g/mol. The van der Waals surface area contributed by atoms with Gasteiger partial charge < -0.3 is 0 Å². The SMILES string of the molecule is CC(C)(C)/C=c1/cccc/c1=C/C(C)(C)C.